The number of alkyl halides is 8. The van der Waals surface area contributed by atoms with Gasteiger partial charge in [0.15, 0.2) is 0 Å². The molecule has 0 aromatic heterocycles. The van der Waals surface area contributed by atoms with E-state index in [-0.39, 0.29) is 103 Å². The molecule has 0 aromatic rings. The summed E-state index contributed by atoms with van der Waals surface area (Å²) in [6.45, 7) is 0. The van der Waals surface area contributed by atoms with Crippen molar-refractivity contribution in [3.63, 3.8) is 0 Å². The van der Waals surface area contributed by atoms with E-state index in [2.05, 4.69) is 0 Å². The molecule has 0 aliphatic rings. The summed E-state index contributed by atoms with van der Waals surface area (Å²) in [6.07, 6.45) is -13.2. The van der Waals surface area contributed by atoms with Crippen LogP contribution in [0.25, 0.3) is 0 Å². The molecule has 0 heterocycles. The molecule has 0 saturated carbocycles. The Morgan fingerprint density at radius 1 is 0.462 bits per heavy atom. The summed E-state index contributed by atoms with van der Waals surface area (Å²) >= 11 is 0. The van der Waals surface area contributed by atoms with Crippen LogP contribution in [0.3, 0.4) is 0 Å². The SMILES string of the molecule is FC(F)(F)C(F)(F)C(F)(F)F.[KH].[KH]. The van der Waals surface area contributed by atoms with Crippen LogP contribution in [-0.4, -0.2) is 121 Å². The van der Waals surface area contributed by atoms with Crippen molar-refractivity contribution in [1.82, 2.24) is 0 Å². The van der Waals surface area contributed by atoms with Gasteiger partial charge in [0.2, 0.25) is 0 Å². The molecule has 0 aromatic carbocycles. The molecule has 0 saturated heterocycles. The van der Waals surface area contributed by atoms with E-state index in [1.807, 2.05) is 0 Å². The summed E-state index contributed by atoms with van der Waals surface area (Å²) < 4.78 is 87.5. The molecular weight excluding hydrogens is 266 g/mol. The predicted molar refractivity (Wildman–Crippen MR) is 31.4 cm³/mol. The fourth-order valence-electron chi connectivity index (χ4n) is 0.161. The van der Waals surface area contributed by atoms with Gasteiger partial charge in [-0.2, -0.15) is 35.1 Å². The van der Waals surface area contributed by atoms with E-state index < -0.39 is 18.3 Å². The Balaban J connectivity index is -0.000000500. The van der Waals surface area contributed by atoms with Gasteiger partial charge in [-0.05, 0) is 0 Å². The van der Waals surface area contributed by atoms with Crippen molar-refractivity contribution >= 4 is 103 Å². The van der Waals surface area contributed by atoms with Crippen LogP contribution in [0.4, 0.5) is 35.1 Å². The third-order valence-electron chi connectivity index (χ3n) is 0.712. The monoisotopic (exact) mass is 268 g/mol. The fraction of sp³-hybridized carbons (Fsp3) is 1.00. The summed E-state index contributed by atoms with van der Waals surface area (Å²) in [6, 6.07) is 0. The second kappa shape index (κ2) is 6.45. The van der Waals surface area contributed by atoms with E-state index in [1.165, 1.54) is 0 Å². The van der Waals surface area contributed by atoms with E-state index in [1.54, 1.807) is 0 Å². The third-order valence-corrected chi connectivity index (χ3v) is 0.712. The molecule has 0 spiro atoms. The van der Waals surface area contributed by atoms with Gasteiger partial charge in [-0.1, -0.05) is 0 Å². The van der Waals surface area contributed by atoms with Gasteiger partial charge < -0.3 is 0 Å². The van der Waals surface area contributed by atoms with Crippen LogP contribution < -0.4 is 0 Å². The van der Waals surface area contributed by atoms with Gasteiger partial charge in [0.25, 0.3) is 0 Å². The Hall–Kier alpha value is 2.71. The molecule has 0 aliphatic carbocycles. The summed E-state index contributed by atoms with van der Waals surface area (Å²) in [5.74, 6) is -6.62. The van der Waals surface area contributed by atoms with E-state index in [0.717, 1.165) is 0 Å². The zero-order valence-electron chi connectivity index (χ0n) is 4.52. The maximum absolute atomic E-state index is 11.2. The quantitative estimate of drug-likeness (QED) is 0.461. The van der Waals surface area contributed by atoms with Crippen molar-refractivity contribution < 1.29 is 35.1 Å². The Morgan fingerprint density at radius 3 is 0.615 bits per heavy atom. The van der Waals surface area contributed by atoms with Crippen LogP contribution in [0.2, 0.25) is 0 Å². The average Bonchev–Trinajstić information content (AvgIpc) is 1.58. The first-order chi connectivity index (χ1) is 4.50. The summed E-state index contributed by atoms with van der Waals surface area (Å²) in [5.41, 5.74) is 0. The minimum atomic E-state index is -6.62. The Morgan fingerprint density at radius 2 is 0.615 bits per heavy atom. The topological polar surface area (TPSA) is 0 Å². The fourth-order valence-corrected chi connectivity index (χ4v) is 0.161. The first-order valence-electron chi connectivity index (χ1n) is 2.01. The molecule has 72 valence electrons. The molecule has 13 heavy (non-hydrogen) atoms. The molecule has 0 N–H and O–H groups in total. The predicted octanol–water partition coefficient (Wildman–Crippen LogP) is 1.45. The van der Waals surface area contributed by atoms with E-state index in [9.17, 15) is 35.1 Å². The molecule has 0 nitrogen and oxygen atoms in total. The number of rotatable bonds is 0. The molecule has 0 bridgehead atoms. The first kappa shape index (κ1) is 21.0. The number of halogens is 8. The molecule has 0 radical (unpaired) electrons. The third kappa shape index (κ3) is 5.54. The van der Waals surface area contributed by atoms with Crippen LogP contribution in [0.5, 0.6) is 0 Å². The standard InChI is InChI=1S/C3F8.2K.2H/c4-1(5,2(6,7)8)3(9,10)11;;;;. The second-order valence-electron chi connectivity index (χ2n) is 1.57. The van der Waals surface area contributed by atoms with Gasteiger partial charge >= 0.3 is 121 Å². The van der Waals surface area contributed by atoms with Crippen LogP contribution in [0.1, 0.15) is 0 Å². The van der Waals surface area contributed by atoms with Crippen molar-refractivity contribution in [2.24, 2.45) is 0 Å². The van der Waals surface area contributed by atoms with Crippen LogP contribution in [0, 0.1) is 0 Å². The molecule has 0 rings (SSSR count). The van der Waals surface area contributed by atoms with E-state index >= 15 is 0 Å². The molecule has 0 atom stereocenters. The first-order valence-corrected chi connectivity index (χ1v) is 2.01. The van der Waals surface area contributed by atoms with Gasteiger partial charge in [-0.25, -0.2) is 0 Å². The van der Waals surface area contributed by atoms with E-state index in [4.69, 9.17) is 0 Å². The van der Waals surface area contributed by atoms with Crippen molar-refractivity contribution in [1.29, 1.82) is 0 Å². The van der Waals surface area contributed by atoms with Crippen LogP contribution in [-0.2, 0) is 0 Å². The zero-order chi connectivity index (χ0) is 9.50. The van der Waals surface area contributed by atoms with Gasteiger partial charge in [0, 0.05) is 0 Å². The molecule has 10 heteroatoms. The van der Waals surface area contributed by atoms with Gasteiger partial charge in [-0.3, -0.25) is 0 Å². The normalized spacial score (nSPS) is 12.9. The Kier molecular flexibility index (Phi) is 10.4. The van der Waals surface area contributed by atoms with Gasteiger partial charge in [0.05, 0.1) is 0 Å². The zero-order valence-corrected chi connectivity index (χ0v) is 4.52. The molecule has 0 fully saturated rings. The summed E-state index contributed by atoms with van der Waals surface area (Å²) in [5, 5.41) is 0. The second-order valence-corrected chi connectivity index (χ2v) is 1.57. The van der Waals surface area contributed by atoms with Gasteiger partial charge in [-0.15, -0.1) is 0 Å². The molecule has 0 unspecified atom stereocenters. The van der Waals surface area contributed by atoms with Crippen LogP contribution in [0.15, 0.2) is 0 Å². The van der Waals surface area contributed by atoms with Crippen molar-refractivity contribution in [3.8, 4) is 0 Å². The van der Waals surface area contributed by atoms with Crippen molar-refractivity contribution in [2.45, 2.75) is 18.3 Å². The van der Waals surface area contributed by atoms with E-state index in [0.29, 0.717) is 0 Å². The number of hydrogen-bond acceptors (Lipinski definition) is 0. The number of hydrogen-bond donors (Lipinski definition) is 0. The molecule has 0 amide bonds. The summed E-state index contributed by atoms with van der Waals surface area (Å²) in [4.78, 5) is 0. The average molecular weight is 268 g/mol. The molecule has 0 aliphatic heterocycles. The van der Waals surface area contributed by atoms with Crippen molar-refractivity contribution in [2.75, 3.05) is 0 Å². The minimum absolute atomic E-state index is 0. The van der Waals surface area contributed by atoms with Crippen molar-refractivity contribution in [3.05, 3.63) is 0 Å². The van der Waals surface area contributed by atoms with Gasteiger partial charge in [0.1, 0.15) is 0 Å². The van der Waals surface area contributed by atoms with Crippen LogP contribution >= 0.6 is 0 Å². The Bertz CT molecular complexity index is 128. The Labute approximate surface area is 153 Å². The molecular formula is C3H2F8K2. The maximum atomic E-state index is 11.2. The summed E-state index contributed by atoms with van der Waals surface area (Å²) in [7, 11) is 0.